The fourth-order valence-electron chi connectivity index (χ4n) is 5.85. The molecule has 11 nitrogen and oxygen atoms in total. The van der Waals surface area contributed by atoms with Crippen LogP contribution in [0.15, 0.2) is 24.3 Å². The molecule has 1 aliphatic heterocycles. The number of benzene rings is 1. The molecule has 41 heavy (non-hydrogen) atoms. The van der Waals surface area contributed by atoms with Gasteiger partial charge in [0.15, 0.2) is 5.85 Å². The first-order valence-electron chi connectivity index (χ1n) is 14.9. The summed E-state index contributed by atoms with van der Waals surface area (Å²) in [6.45, 7) is 3.79. The summed E-state index contributed by atoms with van der Waals surface area (Å²) < 4.78 is 24.2. The van der Waals surface area contributed by atoms with Gasteiger partial charge in [-0.15, -0.1) is 0 Å². The number of rotatable bonds is 14. The molecule has 0 spiro atoms. The molecule has 1 aliphatic carbocycles. The number of hydrogen-bond acceptors (Lipinski definition) is 7. The van der Waals surface area contributed by atoms with E-state index in [0.717, 1.165) is 62.6 Å². The van der Waals surface area contributed by atoms with E-state index in [1.54, 1.807) is 18.7 Å². The molecule has 1 saturated carbocycles. The standard InChI is InChI=1S/C29H46N3O8P/c1-3-39-41(38,40-4-2)28(35)23(30-27(34)24(31-29(36)37)20-21-12-6-5-7-13-21)17-18-26(33)32-19-11-10-15-22-14-8-9-16-25(22)32/h8-9,14,16,21,23-24,28,31,35H,3-7,10-13,15,17-20H2,1-2H3,(H,30,34)(H,36,37). The van der Waals surface area contributed by atoms with Gasteiger partial charge in [-0.25, -0.2) is 4.79 Å². The topological polar surface area (TPSA) is 154 Å². The maximum atomic E-state index is 13.5. The highest BCUT2D eigenvalue weighted by atomic mass is 31.2. The van der Waals surface area contributed by atoms with E-state index in [9.17, 15) is 29.2 Å². The number of fused-ring (bicyclic) bond motifs is 1. The Bertz CT molecular complexity index is 1050. The number of aryl methyl sites for hydroxylation is 1. The second-order valence-electron chi connectivity index (χ2n) is 10.8. The van der Waals surface area contributed by atoms with Crippen LogP contribution in [0.25, 0.3) is 0 Å². The minimum atomic E-state index is -4.09. The smallest absolute Gasteiger partial charge is 0.405 e. The summed E-state index contributed by atoms with van der Waals surface area (Å²) in [5, 5.41) is 25.7. The van der Waals surface area contributed by atoms with E-state index in [0.29, 0.717) is 13.0 Å². The average molecular weight is 596 g/mol. The number of carbonyl (C=O) groups is 3. The first-order chi connectivity index (χ1) is 19.7. The van der Waals surface area contributed by atoms with Gasteiger partial charge in [-0.2, -0.15) is 0 Å². The molecule has 3 rings (SSSR count). The van der Waals surface area contributed by atoms with Crippen molar-refractivity contribution in [2.24, 2.45) is 5.92 Å². The van der Waals surface area contributed by atoms with E-state index >= 15 is 0 Å². The van der Waals surface area contributed by atoms with Gasteiger partial charge in [0.25, 0.3) is 0 Å². The van der Waals surface area contributed by atoms with Crippen molar-refractivity contribution < 1.29 is 38.2 Å². The Morgan fingerprint density at radius 2 is 1.71 bits per heavy atom. The zero-order valence-corrected chi connectivity index (χ0v) is 25.2. The van der Waals surface area contributed by atoms with Crippen molar-refractivity contribution in [2.75, 3.05) is 24.7 Å². The largest absolute Gasteiger partial charge is 0.465 e. The molecular weight excluding hydrogens is 549 g/mol. The molecule has 1 heterocycles. The highest BCUT2D eigenvalue weighted by Crippen LogP contribution is 2.53. The highest BCUT2D eigenvalue weighted by molar-refractivity contribution is 7.54. The second kappa shape index (κ2) is 16.2. The maximum absolute atomic E-state index is 13.5. The van der Waals surface area contributed by atoms with Crippen molar-refractivity contribution in [3.8, 4) is 0 Å². The molecular formula is C29H46N3O8P. The number of nitrogens with one attached hydrogen (secondary N) is 2. The van der Waals surface area contributed by atoms with Crippen LogP contribution in [-0.2, 0) is 29.6 Å². The lowest BCUT2D eigenvalue weighted by atomic mass is 9.84. The fourth-order valence-corrected chi connectivity index (χ4v) is 7.61. The minimum Gasteiger partial charge on any atom is -0.465 e. The quantitative estimate of drug-likeness (QED) is 0.223. The first-order valence-corrected chi connectivity index (χ1v) is 16.5. The van der Waals surface area contributed by atoms with Crippen LogP contribution in [0.5, 0.6) is 0 Å². The lowest BCUT2D eigenvalue weighted by molar-refractivity contribution is -0.125. The third kappa shape index (κ3) is 9.53. The summed E-state index contributed by atoms with van der Waals surface area (Å²) in [5.74, 6) is -2.39. The number of anilines is 1. The van der Waals surface area contributed by atoms with Crippen molar-refractivity contribution in [1.29, 1.82) is 0 Å². The van der Waals surface area contributed by atoms with Crippen LogP contribution in [0, 0.1) is 5.92 Å². The monoisotopic (exact) mass is 595 g/mol. The Labute approximate surface area is 242 Å². The molecule has 1 aromatic rings. The minimum absolute atomic E-state index is 0.00334. The molecule has 2 aliphatic rings. The molecule has 1 fully saturated rings. The van der Waals surface area contributed by atoms with Gasteiger partial charge in [0.05, 0.1) is 19.3 Å². The van der Waals surface area contributed by atoms with Crippen LogP contribution < -0.4 is 15.5 Å². The number of carbonyl (C=O) groups excluding carboxylic acids is 2. The molecule has 1 aromatic carbocycles. The van der Waals surface area contributed by atoms with Gasteiger partial charge in [-0.1, -0.05) is 50.3 Å². The van der Waals surface area contributed by atoms with Gasteiger partial charge >= 0.3 is 13.7 Å². The number of aliphatic hydroxyl groups is 1. The molecule has 3 amide bonds. The zero-order valence-electron chi connectivity index (χ0n) is 24.3. The van der Waals surface area contributed by atoms with Crippen LogP contribution in [0.4, 0.5) is 10.5 Å². The summed E-state index contributed by atoms with van der Waals surface area (Å²) in [4.78, 5) is 40.2. The molecule has 3 unspecified atom stereocenters. The van der Waals surface area contributed by atoms with Gasteiger partial charge in [0.1, 0.15) is 6.04 Å². The van der Waals surface area contributed by atoms with Gasteiger partial charge in [0, 0.05) is 18.7 Å². The Morgan fingerprint density at radius 1 is 1.02 bits per heavy atom. The first kappa shape index (κ1) is 33.0. The molecule has 12 heteroatoms. The highest BCUT2D eigenvalue weighted by Gasteiger charge is 2.42. The van der Waals surface area contributed by atoms with Crippen molar-refractivity contribution in [1.82, 2.24) is 10.6 Å². The summed E-state index contributed by atoms with van der Waals surface area (Å²) in [5.41, 5.74) is 1.94. The van der Waals surface area contributed by atoms with E-state index < -0.39 is 37.5 Å². The Hall–Kier alpha value is -2.46. The van der Waals surface area contributed by atoms with Crippen molar-refractivity contribution >= 4 is 31.2 Å². The average Bonchev–Trinajstić information content (AvgIpc) is 3.17. The third-order valence-electron chi connectivity index (χ3n) is 7.87. The lowest BCUT2D eigenvalue weighted by Crippen LogP contribution is -2.53. The molecule has 4 N–H and O–H groups in total. The lowest BCUT2D eigenvalue weighted by Gasteiger charge is -2.32. The fraction of sp³-hybridized carbons (Fsp3) is 0.690. The van der Waals surface area contributed by atoms with Gasteiger partial charge in [-0.05, 0) is 63.5 Å². The molecule has 3 atom stereocenters. The third-order valence-corrected chi connectivity index (χ3v) is 10.1. The molecule has 0 bridgehead atoms. The van der Waals surface area contributed by atoms with Gasteiger partial charge in [-0.3, -0.25) is 14.2 Å². The molecule has 0 aromatic heterocycles. The van der Waals surface area contributed by atoms with Crippen molar-refractivity contribution in [2.45, 2.75) is 102 Å². The van der Waals surface area contributed by atoms with Crippen LogP contribution in [-0.4, -0.2) is 65.8 Å². The number of hydrogen-bond donors (Lipinski definition) is 4. The number of aliphatic hydroxyl groups excluding tert-OH is 1. The molecule has 0 saturated heterocycles. The maximum Gasteiger partial charge on any atom is 0.405 e. The predicted molar refractivity (Wildman–Crippen MR) is 156 cm³/mol. The SMILES string of the molecule is CCOP(=O)(OCC)C(O)C(CCC(=O)N1CCCCc2ccccc21)NC(=O)C(CC1CCCCC1)NC(=O)O. The van der Waals surface area contributed by atoms with Crippen molar-refractivity contribution in [3.05, 3.63) is 29.8 Å². The number of nitrogens with zero attached hydrogens (tertiary/aromatic N) is 1. The summed E-state index contributed by atoms with van der Waals surface area (Å²) in [6, 6.07) is 5.52. The van der Waals surface area contributed by atoms with Gasteiger partial charge in [0.2, 0.25) is 11.8 Å². The molecule has 0 radical (unpaired) electrons. The van der Waals surface area contributed by atoms with Crippen LogP contribution in [0.2, 0.25) is 0 Å². The van der Waals surface area contributed by atoms with E-state index in [1.165, 1.54) is 0 Å². The molecule has 230 valence electrons. The van der Waals surface area contributed by atoms with Crippen LogP contribution in [0.1, 0.15) is 83.6 Å². The second-order valence-corrected chi connectivity index (χ2v) is 12.9. The summed E-state index contributed by atoms with van der Waals surface area (Å²) in [7, 11) is -4.09. The van der Waals surface area contributed by atoms with Crippen LogP contribution in [0.3, 0.4) is 0 Å². The van der Waals surface area contributed by atoms with Gasteiger partial charge < -0.3 is 34.8 Å². The number of amides is 3. The van der Waals surface area contributed by atoms with E-state index in [2.05, 4.69) is 10.6 Å². The van der Waals surface area contributed by atoms with E-state index in [-0.39, 0.29) is 37.9 Å². The summed E-state index contributed by atoms with van der Waals surface area (Å²) >= 11 is 0. The van der Waals surface area contributed by atoms with E-state index in [4.69, 9.17) is 9.05 Å². The normalized spacial score (nSPS) is 18.5. The number of carboxylic acid groups (broad SMARTS) is 1. The zero-order chi connectivity index (χ0) is 29.8. The Kier molecular flexibility index (Phi) is 13.1. The predicted octanol–water partition coefficient (Wildman–Crippen LogP) is 4.81. The van der Waals surface area contributed by atoms with E-state index in [1.807, 2.05) is 24.3 Å². The Morgan fingerprint density at radius 3 is 2.37 bits per heavy atom. The summed E-state index contributed by atoms with van der Waals surface area (Å²) in [6.07, 6.45) is 6.57. The van der Waals surface area contributed by atoms with Crippen LogP contribution >= 0.6 is 7.60 Å². The number of para-hydroxylation sites is 1. The van der Waals surface area contributed by atoms with Crippen molar-refractivity contribution in [3.63, 3.8) is 0 Å². The Balaban J connectivity index is 1.81.